The number of amides is 1. The van der Waals surface area contributed by atoms with Crippen molar-refractivity contribution in [2.75, 3.05) is 6.54 Å². The van der Waals surface area contributed by atoms with Crippen LogP contribution in [-0.4, -0.2) is 17.4 Å². The largest absolute Gasteiger partial charge is 0.333 e. The maximum Gasteiger partial charge on any atom is 0.225 e. The molecule has 3 aliphatic rings. The van der Waals surface area contributed by atoms with Crippen molar-refractivity contribution in [3.05, 3.63) is 105 Å². The molecule has 3 aromatic carbocycles. The monoisotopic (exact) mass is 457 g/mol. The Morgan fingerprint density at radius 2 is 1.43 bits per heavy atom. The number of ether oxygens (including phenoxy) is 1. The average Bonchev–Trinajstić information content (AvgIpc) is 3.24. The molecule has 3 nitrogen and oxygen atoms in total. The first-order chi connectivity index (χ1) is 14.6. The van der Waals surface area contributed by atoms with Crippen molar-refractivity contribution in [3.63, 3.8) is 0 Å². The molecule has 2 heterocycles. The molecule has 0 radical (unpaired) electrons. The van der Waals surface area contributed by atoms with Gasteiger partial charge in [-0.25, -0.2) is 0 Å². The number of carbonyl (C=O) groups is 1. The maximum absolute atomic E-state index is 13.1. The van der Waals surface area contributed by atoms with Crippen molar-refractivity contribution in [2.24, 2.45) is 0 Å². The number of rotatable bonds is 1. The Hall–Kier alpha value is -2.69. The molecule has 6 rings (SSSR count). The smallest absolute Gasteiger partial charge is 0.225 e. The van der Waals surface area contributed by atoms with E-state index in [0.29, 0.717) is 19.4 Å². The third-order valence-electron chi connectivity index (χ3n) is 6.67. The minimum atomic E-state index is -0.748. The molecule has 1 atom stereocenters. The third kappa shape index (κ3) is 2.38. The number of benzene rings is 3. The lowest BCUT2D eigenvalue weighted by molar-refractivity contribution is -0.145. The van der Waals surface area contributed by atoms with Gasteiger partial charge in [-0.2, -0.15) is 0 Å². The molecule has 3 aromatic rings. The summed E-state index contributed by atoms with van der Waals surface area (Å²) < 4.78 is 8.19. The molecular formula is C26H20BrNO2. The summed E-state index contributed by atoms with van der Waals surface area (Å²) >= 11 is 3.53. The summed E-state index contributed by atoms with van der Waals surface area (Å²) in [6, 6.07) is 25.0. The highest BCUT2D eigenvalue weighted by Gasteiger charge is 2.62. The number of nitrogens with zero attached hydrogens (tertiary/aromatic N) is 1. The van der Waals surface area contributed by atoms with E-state index in [2.05, 4.69) is 88.7 Å². The van der Waals surface area contributed by atoms with Crippen LogP contribution >= 0.6 is 15.9 Å². The van der Waals surface area contributed by atoms with Crippen LogP contribution in [0.3, 0.4) is 0 Å². The first kappa shape index (κ1) is 18.1. The molecular weight excluding hydrogens is 438 g/mol. The maximum atomic E-state index is 13.1. The fourth-order valence-electron chi connectivity index (χ4n) is 5.31. The van der Waals surface area contributed by atoms with Crippen molar-refractivity contribution >= 4 is 34.0 Å². The molecule has 2 fully saturated rings. The summed E-state index contributed by atoms with van der Waals surface area (Å²) in [7, 11) is 0. The molecule has 4 heteroatoms. The number of fused-ring (bicyclic) bond motifs is 5. The summed E-state index contributed by atoms with van der Waals surface area (Å²) in [6.07, 6.45) is 5.48. The molecule has 1 aliphatic carbocycles. The number of hydrogen-bond donors (Lipinski definition) is 0. The van der Waals surface area contributed by atoms with Gasteiger partial charge in [0.15, 0.2) is 5.72 Å². The van der Waals surface area contributed by atoms with Crippen LogP contribution in [0.25, 0.3) is 12.2 Å². The van der Waals surface area contributed by atoms with Crippen LogP contribution in [0.5, 0.6) is 0 Å². The molecule has 1 amide bonds. The topological polar surface area (TPSA) is 29.5 Å². The van der Waals surface area contributed by atoms with Crippen LogP contribution in [-0.2, 0) is 20.9 Å². The Kier molecular flexibility index (Phi) is 3.86. The van der Waals surface area contributed by atoms with Gasteiger partial charge in [-0.1, -0.05) is 88.7 Å². The second-order valence-corrected chi connectivity index (χ2v) is 9.12. The van der Waals surface area contributed by atoms with Gasteiger partial charge in [0.2, 0.25) is 5.91 Å². The van der Waals surface area contributed by atoms with Crippen molar-refractivity contribution in [3.8, 4) is 0 Å². The van der Waals surface area contributed by atoms with Crippen molar-refractivity contribution in [2.45, 2.75) is 24.2 Å². The standard InChI is InChI=1S/C26H20BrNO2/c27-21-13-11-20(12-14-21)26-16-15-24(29)28(26)17-25(30-26)22-7-3-1-5-18(22)9-10-19-6-2-4-8-23(19)25/h1-14H,15-17H2. The Morgan fingerprint density at radius 3 is 2.07 bits per heavy atom. The van der Waals surface area contributed by atoms with E-state index in [4.69, 9.17) is 4.74 Å². The van der Waals surface area contributed by atoms with E-state index >= 15 is 0 Å². The summed E-state index contributed by atoms with van der Waals surface area (Å²) in [6.45, 7) is 0.512. The average molecular weight is 458 g/mol. The number of carbonyl (C=O) groups excluding carboxylic acids is 1. The van der Waals surface area contributed by atoms with Crippen LogP contribution in [0.1, 0.15) is 40.7 Å². The SMILES string of the molecule is O=C1CCC2(c3ccc(Br)cc3)OC3(CN12)c1ccccc1C=Cc1ccccc13. The highest BCUT2D eigenvalue weighted by molar-refractivity contribution is 9.10. The summed E-state index contributed by atoms with van der Waals surface area (Å²) in [5.74, 6) is 0.155. The second kappa shape index (κ2) is 6.40. The minimum absolute atomic E-state index is 0.155. The van der Waals surface area contributed by atoms with Crippen LogP contribution in [0, 0.1) is 0 Å². The first-order valence-electron chi connectivity index (χ1n) is 10.3. The highest BCUT2D eigenvalue weighted by atomic mass is 79.9. The fourth-order valence-corrected chi connectivity index (χ4v) is 5.57. The van der Waals surface area contributed by atoms with Gasteiger partial charge >= 0.3 is 0 Å². The van der Waals surface area contributed by atoms with Gasteiger partial charge in [0.25, 0.3) is 0 Å². The van der Waals surface area contributed by atoms with E-state index in [9.17, 15) is 4.79 Å². The number of halogens is 1. The molecule has 0 bridgehead atoms. The summed E-state index contributed by atoms with van der Waals surface area (Å²) in [5.41, 5.74) is 4.07. The van der Waals surface area contributed by atoms with Gasteiger partial charge in [0.1, 0.15) is 5.60 Å². The summed E-state index contributed by atoms with van der Waals surface area (Å²) in [4.78, 5) is 15.0. The van der Waals surface area contributed by atoms with Gasteiger partial charge in [-0.15, -0.1) is 0 Å². The minimum Gasteiger partial charge on any atom is -0.333 e. The third-order valence-corrected chi connectivity index (χ3v) is 7.20. The molecule has 0 N–H and O–H groups in total. The lowest BCUT2D eigenvalue weighted by Crippen LogP contribution is -2.38. The van der Waals surface area contributed by atoms with Crippen molar-refractivity contribution in [1.82, 2.24) is 4.90 Å². The van der Waals surface area contributed by atoms with E-state index in [-0.39, 0.29) is 5.91 Å². The predicted octanol–water partition coefficient (Wildman–Crippen LogP) is 5.68. The molecule has 1 spiro atoms. The Morgan fingerprint density at radius 1 is 0.833 bits per heavy atom. The van der Waals surface area contributed by atoms with Gasteiger partial charge < -0.3 is 9.64 Å². The van der Waals surface area contributed by atoms with Crippen molar-refractivity contribution in [1.29, 1.82) is 0 Å². The Balaban J connectivity index is 1.62. The van der Waals surface area contributed by atoms with E-state index < -0.39 is 11.3 Å². The van der Waals surface area contributed by atoms with E-state index in [1.165, 1.54) is 0 Å². The van der Waals surface area contributed by atoms with Gasteiger partial charge in [-0.05, 0) is 34.4 Å². The van der Waals surface area contributed by atoms with E-state index in [0.717, 1.165) is 32.3 Å². The Labute approximate surface area is 184 Å². The molecule has 2 aliphatic heterocycles. The van der Waals surface area contributed by atoms with E-state index in [1.807, 2.05) is 17.0 Å². The van der Waals surface area contributed by atoms with Crippen LogP contribution in [0.4, 0.5) is 0 Å². The Bertz CT molecular complexity index is 1150. The van der Waals surface area contributed by atoms with Crippen LogP contribution in [0.2, 0.25) is 0 Å². The molecule has 0 aromatic heterocycles. The zero-order valence-electron chi connectivity index (χ0n) is 16.3. The molecule has 0 saturated carbocycles. The zero-order chi connectivity index (χ0) is 20.3. The van der Waals surface area contributed by atoms with Crippen LogP contribution in [0.15, 0.2) is 77.3 Å². The number of hydrogen-bond acceptors (Lipinski definition) is 2. The molecule has 148 valence electrons. The lowest BCUT2D eigenvalue weighted by Gasteiger charge is -2.35. The fraction of sp³-hybridized carbons (Fsp3) is 0.192. The van der Waals surface area contributed by atoms with Crippen molar-refractivity contribution < 1.29 is 9.53 Å². The normalized spacial score (nSPS) is 23.2. The van der Waals surface area contributed by atoms with Gasteiger partial charge in [0, 0.05) is 22.9 Å². The summed E-state index contributed by atoms with van der Waals surface area (Å²) in [5, 5.41) is 0. The highest BCUT2D eigenvalue weighted by Crippen LogP contribution is 2.56. The van der Waals surface area contributed by atoms with E-state index in [1.54, 1.807) is 0 Å². The molecule has 1 unspecified atom stereocenters. The van der Waals surface area contributed by atoms with Crippen LogP contribution < -0.4 is 0 Å². The second-order valence-electron chi connectivity index (χ2n) is 8.21. The quantitative estimate of drug-likeness (QED) is 0.470. The predicted molar refractivity (Wildman–Crippen MR) is 120 cm³/mol. The first-order valence-corrected chi connectivity index (χ1v) is 11.1. The zero-order valence-corrected chi connectivity index (χ0v) is 17.9. The molecule has 30 heavy (non-hydrogen) atoms. The molecule has 2 saturated heterocycles. The van der Waals surface area contributed by atoms with Gasteiger partial charge in [0.05, 0.1) is 6.54 Å². The lowest BCUT2D eigenvalue weighted by atomic mass is 9.83. The van der Waals surface area contributed by atoms with Gasteiger partial charge in [-0.3, -0.25) is 4.79 Å².